The summed E-state index contributed by atoms with van der Waals surface area (Å²) in [7, 11) is 0. The first-order valence-corrected chi connectivity index (χ1v) is 7.09. The molecule has 0 saturated carbocycles. The van der Waals surface area contributed by atoms with Crippen molar-refractivity contribution in [2.24, 2.45) is 0 Å². The standard InChI is InChI=1S/C16H17N3O2/c20-11-12-3-5-13(6-4-12)14-9-17-10-15(18-14)16(21)19-7-1-2-8-19/h3-6,9-10,20H,1-2,7-8,11H2. The molecule has 2 heterocycles. The van der Waals surface area contributed by atoms with Gasteiger partial charge in [0, 0.05) is 18.7 Å². The van der Waals surface area contributed by atoms with Crippen LogP contribution in [0, 0.1) is 0 Å². The Bertz CT molecular complexity index is 634. The van der Waals surface area contributed by atoms with Gasteiger partial charge in [0.05, 0.1) is 24.7 Å². The molecular formula is C16H17N3O2. The summed E-state index contributed by atoms with van der Waals surface area (Å²) >= 11 is 0. The van der Waals surface area contributed by atoms with Crippen LogP contribution in [0.15, 0.2) is 36.7 Å². The van der Waals surface area contributed by atoms with E-state index in [0.29, 0.717) is 11.4 Å². The second-order valence-corrected chi connectivity index (χ2v) is 5.14. The van der Waals surface area contributed by atoms with Gasteiger partial charge in [0.2, 0.25) is 0 Å². The van der Waals surface area contributed by atoms with Crippen LogP contribution < -0.4 is 0 Å². The monoisotopic (exact) mass is 283 g/mol. The van der Waals surface area contributed by atoms with E-state index >= 15 is 0 Å². The Morgan fingerprint density at radius 1 is 1.14 bits per heavy atom. The topological polar surface area (TPSA) is 66.3 Å². The second-order valence-electron chi connectivity index (χ2n) is 5.14. The van der Waals surface area contributed by atoms with Crippen LogP contribution in [0.2, 0.25) is 0 Å². The minimum Gasteiger partial charge on any atom is -0.392 e. The van der Waals surface area contributed by atoms with E-state index in [4.69, 9.17) is 5.11 Å². The van der Waals surface area contributed by atoms with Gasteiger partial charge in [0.25, 0.3) is 5.91 Å². The molecule has 1 aliphatic rings. The Morgan fingerprint density at radius 3 is 2.52 bits per heavy atom. The number of benzene rings is 1. The first kappa shape index (κ1) is 13.7. The number of rotatable bonds is 3. The maximum atomic E-state index is 12.3. The van der Waals surface area contributed by atoms with Crippen molar-refractivity contribution in [3.8, 4) is 11.3 Å². The Morgan fingerprint density at radius 2 is 1.86 bits per heavy atom. The average Bonchev–Trinajstić information content (AvgIpc) is 3.09. The molecule has 2 aromatic rings. The number of aliphatic hydroxyl groups excluding tert-OH is 1. The number of aromatic nitrogens is 2. The maximum absolute atomic E-state index is 12.3. The van der Waals surface area contributed by atoms with Crippen molar-refractivity contribution in [3.05, 3.63) is 47.9 Å². The quantitative estimate of drug-likeness (QED) is 0.934. The third kappa shape index (κ3) is 2.92. The number of amides is 1. The molecule has 0 aliphatic carbocycles. The summed E-state index contributed by atoms with van der Waals surface area (Å²) in [6, 6.07) is 7.43. The predicted octanol–water partition coefficient (Wildman–Crippen LogP) is 1.87. The number of hydrogen-bond donors (Lipinski definition) is 1. The van der Waals surface area contributed by atoms with Crippen molar-refractivity contribution in [2.75, 3.05) is 13.1 Å². The lowest BCUT2D eigenvalue weighted by atomic mass is 10.1. The van der Waals surface area contributed by atoms with Crippen LogP contribution in [-0.2, 0) is 6.61 Å². The van der Waals surface area contributed by atoms with Crippen LogP contribution in [0.1, 0.15) is 28.9 Å². The molecule has 5 heteroatoms. The molecule has 0 atom stereocenters. The largest absolute Gasteiger partial charge is 0.392 e. The van der Waals surface area contributed by atoms with Crippen molar-refractivity contribution >= 4 is 5.91 Å². The normalized spacial score (nSPS) is 14.4. The van der Waals surface area contributed by atoms with Gasteiger partial charge in [-0.15, -0.1) is 0 Å². The maximum Gasteiger partial charge on any atom is 0.274 e. The smallest absolute Gasteiger partial charge is 0.274 e. The number of likely N-dealkylation sites (tertiary alicyclic amines) is 1. The summed E-state index contributed by atoms with van der Waals surface area (Å²) in [5.41, 5.74) is 2.79. The van der Waals surface area contributed by atoms with Crippen LogP contribution in [0.3, 0.4) is 0 Å². The Kier molecular flexibility index (Phi) is 3.92. The number of hydrogen-bond acceptors (Lipinski definition) is 4. The fourth-order valence-corrected chi connectivity index (χ4v) is 2.47. The summed E-state index contributed by atoms with van der Waals surface area (Å²) in [5, 5.41) is 9.06. The molecule has 0 radical (unpaired) electrons. The molecule has 5 nitrogen and oxygen atoms in total. The van der Waals surface area contributed by atoms with Gasteiger partial charge >= 0.3 is 0 Å². The first-order valence-electron chi connectivity index (χ1n) is 7.09. The van der Waals surface area contributed by atoms with E-state index in [2.05, 4.69) is 9.97 Å². The summed E-state index contributed by atoms with van der Waals surface area (Å²) in [6.07, 6.45) is 5.28. The van der Waals surface area contributed by atoms with Gasteiger partial charge in [-0.25, -0.2) is 4.98 Å². The van der Waals surface area contributed by atoms with E-state index in [-0.39, 0.29) is 12.5 Å². The highest BCUT2D eigenvalue weighted by atomic mass is 16.3. The Balaban J connectivity index is 1.86. The molecule has 1 saturated heterocycles. The van der Waals surface area contributed by atoms with Crippen LogP contribution in [0.5, 0.6) is 0 Å². The molecule has 1 fully saturated rings. The van der Waals surface area contributed by atoms with Crippen LogP contribution in [0.25, 0.3) is 11.3 Å². The summed E-state index contributed by atoms with van der Waals surface area (Å²) in [6.45, 7) is 1.62. The van der Waals surface area contributed by atoms with E-state index in [1.54, 1.807) is 6.20 Å². The van der Waals surface area contributed by atoms with Gasteiger partial charge in [0.15, 0.2) is 0 Å². The second kappa shape index (κ2) is 6.01. The van der Waals surface area contributed by atoms with Crippen LogP contribution >= 0.6 is 0 Å². The minimum atomic E-state index is -0.0474. The number of carbonyl (C=O) groups excluding carboxylic acids is 1. The van der Waals surface area contributed by atoms with E-state index in [1.807, 2.05) is 29.2 Å². The molecule has 21 heavy (non-hydrogen) atoms. The molecule has 1 N–H and O–H groups in total. The summed E-state index contributed by atoms with van der Waals surface area (Å²) in [4.78, 5) is 22.7. The van der Waals surface area contributed by atoms with E-state index in [0.717, 1.165) is 37.1 Å². The Labute approximate surface area is 123 Å². The highest BCUT2D eigenvalue weighted by Gasteiger charge is 2.21. The Hall–Kier alpha value is -2.27. The minimum absolute atomic E-state index is 0.0133. The third-order valence-corrected chi connectivity index (χ3v) is 3.68. The van der Waals surface area contributed by atoms with Gasteiger partial charge < -0.3 is 10.0 Å². The molecule has 1 aliphatic heterocycles. The fourth-order valence-electron chi connectivity index (χ4n) is 2.47. The van der Waals surface area contributed by atoms with Gasteiger partial charge in [-0.3, -0.25) is 9.78 Å². The number of nitrogens with zero attached hydrogens (tertiary/aromatic N) is 3. The van der Waals surface area contributed by atoms with Crippen molar-refractivity contribution < 1.29 is 9.90 Å². The van der Waals surface area contributed by atoms with E-state index in [9.17, 15) is 4.79 Å². The van der Waals surface area contributed by atoms with E-state index < -0.39 is 0 Å². The predicted molar refractivity (Wildman–Crippen MR) is 78.5 cm³/mol. The van der Waals surface area contributed by atoms with Crippen molar-refractivity contribution in [3.63, 3.8) is 0 Å². The molecule has 3 rings (SSSR count). The van der Waals surface area contributed by atoms with Crippen LogP contribution in [-0.4, -0.2) is 39.0 Å². The zero-order valence-corrected chi connectivity index (χ0v) is 11.7. The van der Waals surface area contributed by atoms with E-state index in [1.165, 1.54) is 6.20 Å². The summed E-state index contributed by atoms with van der Waals surface area (Å²) in [5.74, 6) is -0.0474. The molecule has 108 valence electrons. The fraction of sp³-hybridized carbons (Fsp3) is 0.312. The highest BCUT2D eigenvalue weighted by Crippen LogP contribution is 2.18. The molecule has 1 amide bonds. The lowest BCUT2D eigenvalue weighted by molar-refractivity contribution is 0.0786. The zero-order valence-electron chi connectivity index (χ0n) is 11.7. The summed E-state index contributed by atoms with van der Waals surface area (Å²) < 4.78 is 0. The van der Waals surface area contributed by atoms with Crippen LogP contribution in [0.4, 0.5) is 0 Å². The SMILES string of the molecule is O=C(c1cncc(-c2ccc(CO)cc2)n1)N1CCCC1. The van der Waals surface area contributed by atoms with Gasteiger partial charge in [-0.2, -0.15) is 0 Å². The molecule has 1 aromatic heterocycles. The van der Waals surface area contributed by atoms with Crippen molar-refractivity contribution in [2.45, 2.75) is 19.4 Å². The molecular weight excluding hydrogens is 266 g/mol. The third-order valence-electron chi connectivity index (χ3n) is 3.68. The van der Waals surface area contributed by atoms with Crippen molar-refractivity contribution in [1.82, 2.24) is 14.9 Å². The lowest BCUT2D eigenvalue weighted by Gasteiger charge is -2.14. The van der Waals surface area contributed by atoms with Gasteiger partial charge in [-0.05, 0) is 18.4 Å². The first-order chi connectivity index (χ1) is 10.3. The van der Waals surface area contributed by atoms with Crippen molar-refractivity contribution in [1.29, 1.82) is 0 Å². The lowest BCUT2D eigenvalue weighted by Crippen LogP contribution is -2.28. The zero-order chi connectivity index (χ0) is 14.7. The number of aliphatic hydroxyl groups is 1. The number of carbonyl (C=O) groups is 1. The molecule has 0 bridgehead atoms. The molecule has 0 spiro atoms. The average molecular weight is 283 g/mol. The molecule has 1 aromatic carbocycles. The van der Waals surface area contributed by atoms with Gasteiger partial charge in [0.1, 0.15) is 5.69 Å². The van der Waals surface area contributed by atoms with Gasteiger partial charge in [-0.1, -0.05) is 24.3 Å². The molecule has 0 unspecified atom stereocenters. The highest BCUT2D eigenvalue weighted by molar-refractivity contribution is 5.92.